The number of Topliss-reactive ketones (excluding diaryl/α,β-unsaturated/α-hetero) is 1. The van der Waals surface area contributed by atoms with Crippen LogP contribution in [0.3, 0.4) is 0 Å². The lowest BCUT2D eigenvalue weighted by atomic mass is 9.86. The van der Waals surface area contributed by atoms with Gasteiger partial charge in [-0.3, -0.25) is 19.6 Å². The van der Waals surface area contributed by atoms with Crippen molar-refractivity contribution in [2.24, 2.45) is 5.10 Å². The Morgan fingerprint density at radius 2 is 1.93 bits per heavy atom. The number of anilines is 1. The van der Waals surface area contributed by atoms with E-state index in [4.69, 9.17) is 4.74 Å². The molecule has 3 N–H and O–H groups in total. The number of nitrogens with one attached hydrogen (secondary N) is 2. The summed E-state index contributed by atoms with van der Waals surface area (Å²) in [5, 5.41) is 6.84. The number of hydrogen-bond donors (Lipinski definition) is 3. The number of carbonyl (C=O) groups is 2. The predicted octanol–water partition coefficient (Wildman–Crippen LogP) is 5.00. The molecule has 0 saturated carbocycles. The molecule has 0 saturated heterocycles. The van der Waals surface area contributed by atoms with E-state index >= 15 is 0 Å². The summed E-state index contributed by atoms with van der Waals surface area (Å²) >= 11 is 0. The first-order valence-corrected chi connectivity index (χ1v) is 15.2. The summed E-state index contributed by atoms with van der Waals surface area (Å²) < 4.78 is 38.3. The van der Waals surface area contributed by atoms with Crippen molar-refractivity contribution in [3.63, 3.8) is 0 Å². The second kappa shape index (κ2) is 14.5. The molecule has 0 spiro atoms. The van der Waals surface area contributed by atoms with Crippen LogP contribution in [0.1, 0.15) is 69.5 Å². The highest BCUT2D eigenvalue weighted by Crippen LogP contribution is 2.32. The fourth-order valence-corrected chi connectivity index (χ4v) is 5.43. The Kier molecular flexibility index (Phi) is 10.6. The summed E-state index contributed by atoms with van der Waals surface area (Å²) in [5.74, 6) is 1.13. The number of nitrogens with zero attached hydrogens (tertiary/aromatic N) is 2. The molecule has 10 nitrogen and oxygen atoms in total. The van der Waals surface area contributed by atoms with Gasteiger partial charge >= 0.3 is 0 Å². The standard InChI is InChI=1S/C31H34N4O6S/c1-2-9-26-24-11-8-12-27(36)25(24)15-16-28(26)41-19-7-3-6-18-32-31(37)23-14-17-30(33-20-23)35-34-21-22-10-4-5-13-29(22)42(38,39)40/h2,4-5,10,13-17,20-21H,1,3,6-9,11-12,18-19H2,(H,32,37)(H,33,35)(H,38,39,40)/b34-21+. The van der Waals surface area contributed by atoms with Crippen LogP contribution in [0.25, 0.3) is 0 Å². The van der Waals surface area contributed by atoms with Gasteiger partial charge in [-0.25, -0.2) is 4.98 Å². The van der Waals surface area contributed by atoms with E-state index in [0.717, 1.165) is 54.5 Å². The summed E-state index contributed by atoms with van der Waals surface area (Å²) in [6.45, 7) is 4.92. The van der Waals surface area contributed by atoms with Gasteiger partial charge in [-0.2, -0.15) is 13.5 Å². The van der Waals surface area contributed by atoms with Crippen LogP contribution < -0.4 is 15.5 Å². The van der Waals surface area contributed by atoms with Crippen molar-refractivity contribution in [2.75, 3.05) is 18.6 Å². The molecule has 1 aliphatic carbocycles. The van der Waals surface area contributed by atoms with Crippen LogP contribution in [0.5, 0.6) is 5.75 Å². The Labute approximate surface area is 245 Å². The lowest BCUT2D eigenvalue weighted by molar-refractivity contribution is 0.0949. The van der Waals surface area contributed by atoms with E-state index in [1.165, 1.54) is 30.6 Å². The number of allylic oxidation sites excluding steroid dienone is 1. The van der Waals surface area contributed by atoms with E-state index in [9.17, 15) is 22.6 Å². The molecule has 0 bridgehead atoms. The molecular weight excluding hydrogens is 556 g/mol. The maximum atomic E-state index is 12.5. The molecule has 3 aromatic rings. The highest BCUT2D eigenvalue weighted by Gasteiger charge is 2.22. The van der Waals surface area contributed by atoms with Crippen molar-refractivity contribution < 1.29 is 27.3 Å². The van der Waals surface area contributed by atoms with Crippen LogP contribution in [-0.4, -0.2) is 49.0 Å². The SMILES string of the molecule is C=CCc1c(OCCCCCNC(=O)c2ccc(N/N=C/c3ccccc3S(=O)(=O)O)nc2)ccc2c1CCCC2=O. The molecular formula is C31H34N4O6S. The van der Waals surface area contributed by atoms with Crippen LogP contribution >= 0.6 is 0 Å². The molecule has 0 unspecified atom stereocenters. The van der Waals surface area contributed by atoms with Gasteiger partial charge in [0.2, 0.25) is 0 Å². The van der Waals surface area contributed by atoms with Gasteiger partial charge in [0.1, 0.15) is 16.5 Å². The van der Waals surface area contributed by atoms with Crippen molar-refractivity contribution >= 4 is 33.8 Å². The number of amides is 1. The molecule has 0 aliphatic heterocycles. The highest BCUT2D eigenvalue weighted by molar-refractivity contribution is 7.86. The van der Waals surface area contributed by atoms with E-state index in [1.54, 1.807) is 18.2 Å². The molecule has 4 rings (SSSR count). The van der Waals surface area contributed by atoms with Gasteiger partial charge in [-0.15, -0.1) is 6.58 Å². The minimum Gasteiger partial charge on any atom is -0.493 e. The highest BCUT2D eigenvalue weighted by atomic mass is 32.2. The van der Waals surface area contributed by atoms with E-state index in [0.29, 0.717) is 37.4 Å². The Hall–Kier alpha value is -4.35. The molecule has 42 heavy (non-hydrogen) atoms. The van der Waals surface area contributed by atoms with E-state index < -0.39 is 10.1 Å². The molecule has 1 aliphatic rings. The number of ketones is 1. The maximum Gasteiger partial charge on any atom is 0.295 e. The van der Waals surface area contributed by atoms with Gasteiger partial charge in [-0.05, 0) is 74.4 Å². The van der Waals surface area contributed by atoms with Crippen molar-refractivity contribution in [3.8, 4) is 5.75 Å². The lowest BCUT2D eigenvalue weighted by Gasteiger charge is -2.21. The Balaban J connectivity index is 1.17. The van der Waals surface area contributed by atoms with Gasteiger partial charge in [0.25, 0.3) is 16.0 Å². The van der Waals surface area contributed by atoms with Crippen molar-refractivity contribution in [2.45, 2.75) is 49.8 Å². The van der Waals surface area contributed by atoms with Gasteiger partial charge in [0, 0.05) is 35.9 Å². The number of hydrogen-bond acceptors (Lipinski definition) is 8. The topological polar surface area (TPSA) is 147 Å². The van der Waals surface area contributed by atoms with Crippen LogP contribution in [0.4, 0.5) is 5.82 Å². The summed E-state index contributed by atoms with van der Waals surface area (Å²) in [5.41, 5.74) is 6.25. The Morgan fingerprint density at radius 1 is 1.10 bits per heavy atom. The van der Waals surface area contributed by atoms with Gasteiger partial charge in [0.05, 0.1) is 18.4 Å². The maximum absolute atomic E-state index is 12.5. The van der Waals surface area contributed by atoms with Crippen molar-refractivity contribution in [3.05, 3.63) is 95.2 Å². The van der Waals surface area contributed by atoms with Gasteiger partial charge in [-0.1, -0.05) is 24.3 Å². The van der Waals surface area contributed by atoms with Gasteiger partial charge in [0.15, 0.2) is 5.78 Å². The first-order valence-electron chi connectivity index (χ1n) is 13.8. The van der Waals surface area contributed by atoms with E-state index in [-0.39, 0.29) is 22.1 Å². The number of unbranched alkanes of at least 4 members (excludes halogenated alkanes) is 2. The number of rotatable bonds is 14. The fraction of sp³-hybridized carbons (Fsp3) is 0.290. The zero-order valence-electron chi connectivity index (χ0n) is 23.2. The molecule has 0 atom stereocenters. The minimum atomic E-state index is -4.38. The summed E-state index contributed by atoms with van der Waals surface area (Å²) in [6, 6.07) is 12.9. The molecule has 2 aromatic carbocycles. The lowest BCUT2D eigenvalue weighted by Crippen LogP contribution is -2.24. The third-order valence-corrected chi connectivity index (χ3v) is 7.76. The molecule has 1 amide bonds. The summed E-state index contributed by atoms with van der Waals surface area (Å²) in [6.07, 6.45) is 10.0. The Morgan fingerprint density at radius 3 is 2.69 bits per heavy atom. The zero-order chi connectivity index (χ0) is 30.0. The van der Waals surface area contributed by atoms with Crippen LogP contribution in [-0.2, 0) is 23.0 Å². The van der Waals surface area contributed by atoms with E-state index in [2.05, 4.69) is 27.4 Å². The monoisotopic (exact) mass is 590 g/mol. The third-order valence-electron chi connectivity index (χ3n) is 6.84. The zero-order valence-corrected chi connectivity index (χ0v) is 24.0. The molecule has 1 heterocycles. The third kappa shape index (κ3) is 8.11. The van der Waals surface area contributed by atoms with Crippen LogP contribution in [0, 0.1) is 0 Å². The molecule has 1 aromatic heterocycles. The number of pyridine rings is 1. The molecule has 11 heteroatoms. The number of carbonyl (C=O) groups excluding carboxylic acids is 2. The summed E-state index contributed by atoms with van der Waals surface area (Å²) in [4.78, 5) is 28.6. The molecule has 0 fully saturated rings. The van der Waals surface area contributed by atoms with E-state index in [1.807, 2.05) is 18.2 Å². The normalized spacial score (nSPS) is 13.0. The Bertz CT molecular complexity index is 1570. The smallest absolute Gasteiger partial charge is 0.295 e. The molecule has 220 valence electrons. The largest absolute Gasteiger partial charge is 0.493 e. The van der Waals surface area contributed by atoms with Crippen LogP contribution in [0.2, 0.25) is 0 Å². The van der Waals surface area contributed by atoms with Crippen LogP contribution in [0.15, 0.2) is 77.4 Å². The summed E-state index contributed by atoms with van der Waals surface area (Å²) in [7, 11) is -4.38. The fourth-order valence-electron chi connectivity index (χ4n) is 4.76. The van der Waals surface area contributed by atoms with Crippen molar-refractivity contribution in [1.29, 1.82) is 0 Å². The number of fused-ring (bicyclic) bond motifs is 1. The number of hydrazone groups is 1. The predicted molar refractivity (Wildman–Crippen MR) is 161 cm³/mol. The minimum absolute atomic E-state index is 0.200. The number of ether oxygens (including phenoxy) is 1. The first kappa shape index (κ1) is 30.6. The van der Waals surface area contributed by atoms with Gasteiger partial charge < -0.3 is 10.1 Å². The molecule has 0 radical (unpaired) electrons. The quantitative estimate of drug-likeness (QED) is 0.0781. The van der Waals surface area contributed by atoms with Crippen molar-refractivity contribution in [1.82, 2.24) is 10.3 Å². The second-order valence-corrected chi connectivity index (χ2v) is 11.2. The number of benzene rings is 2. The average molecular weight is 591 g/mol. The second-order valence-electron chi connectivity index (χ2n) is 9.82. The number of aromatic nitrogens is 1. The average Bonchev–Trinajstić information content (AvgIpc) is 2.98. The first-order chi connectivity index (χ1) is 20.3.